The number of quaternary nitrogens is 1. The Hall–Kier alpha value is -1.55. The molecule has 0 amide bonds. The Balaban J connectivity index is 0.00000544. The molecule has 0 radical (unpaired) electrons. The molecule has 2 aromatic rings. The van der Waals surface area contributed by atoms with Crippen molar-refractivity contribution in [1.29, 1.82) is 0 Å². The van der Waals surface area contributed by atoms with E-state index in [1.54, 1.807) is 0 Å². The Morgan fingerprint density at radius 3 is 2.00 bits per heavy atom. The van der Waals surface area contributed by atoms with E-state index in [-0.39, 0.29) is 17.9 Å². The summed E-state index contributed by atoms with van der Waals surface area (Å²) in [6, 6.07) is 19.0. The van der Waals surface area contributed by atoms with Crippen molar-refractivity contribution >= 4 is 0 Å². The zero-order valence-corrected chi connectivity index (χ0v) is 22.4. The first-order chi connectivity index (χ1) is 15.5. The molecule has 4 heteroatoms. The van der Waals surface area contributed by atoms with Crippen molar-refractivity contribution in [2.45, 2.75) is 84.1 Å². The molecule has 0 atom stereocenters. The van der Waals surface area contributed by atoms with Crippen LogP contribution in [0.1, 0.15) is 83.3 Å². The van der Waals surface area contributed by atoms with Gasteiger partial charge in [-0.3, -0.25) is 0 Å². The van der Waals surface area contributed by atoms with E-state index in [2.05, 4.69) is 59.1 Å². The molecule has 2 aromatic carbocycles. The lowest BCUT2D eigenvalue weighted by atomic mass is 9.79. The summed E-state index contributed by atoms with van der Waals surface area (Å²) in [5, 5.41) is 0. The molecule has 0 unspecified atom stereocenters. The molecule has 0 saturated carbocycles. The van der Waals surface area contributed by atoms with E-state index in [0.29, 0.717) is 17.9 Å². The van der Waals surface area contributed by atoms with Gasteiger partial charge in [-0.25, -0.2) is 0 Å². The zero-order chi connectivity index (χ0) is 23.3. The maximum Gasteiger partial charge on any atom is 0.154 e. The van der Waals surface area contributed by atoms with Gasteiger partial charge in [-0.1, -0.05) is 95.3 Å². The number of hydrogen-bond acceptors (Lipinski definition) is 2. The summed E-state index contributed by atoms with van der Waals surface area (Å²) >= 11 is 0. The van der Waals surface area contributed by atoms with Crippen LogP contribution < -0.4 is 17.1 Å². The first-order valence-corrected chi connectivity index (χ1v) is 12.8. The molecule has 0 heterocycles. The lowest BCUT2D eigenvalue weighted by Gasteiger charge is -2.46. The third-order valence-electron chi connectivity index (χ3n) is 7.03. The van der Waals surface area contributed by atoms with Crippen molar-refractivity contribution in [2.24, 2.45) is 0 Å². The molecule has 186 valence electrons. The average molecular weight is 476 g/mol. The van der Waals surface area contributed by atoms with E-state index in [1.807, 2.05) is 30.3 Å². The highest BCUT2D eigenvalue weighted by atomic mass is 35.5. The largest absolute Gasteiger partial charge is 1.00 e. The molecule has 0 spiro atoms. The molecule has 0 bridgehead atoms. The van der Waals surface area contributed by atoms with Crippen molar-refractivity contribution in [3.8, 4) is 5.75 Å². The van der Waals surface area contributed by atoms with Crippen LogP contribution >= 0.6 is 0 Å². The number of aryl methyl sites for hydroxylation is 1. The summed E-state index contributed by atoms with van der Waals surface area (Å²) < 4.78 is 6.37. The highest BCUT2D eigenvalue weighted by molar-refractivity contribution is 5.32. The summed E-state index contributed by atoms with van der Waals surface area (Å²) in [5.41, 5.74) is 2.86. The number of hydrogen-bond donors (Lipinski definition) is 0. The molecule has 3 nitrogen and oxygen atoms in total. The van der Waals surface area contributed by atoms with Gasteiger partial charge < -0.3 is 17.1 Å². The van der Waals surface area contributed by atoms with Gasteiger partial charge in [0.1, 0.15) is 19.0 Å². The van der Waals surface area contributed by atoms with Gasteiger partial charge in [-0.05, 0) is 30.5 Å². The Morgan fingerprint density at radius 2 is 1.33 bits per heavy atom. The number of ether oxygens (including phenoxy) is 1. The highest BCUT2D eigenvalue weighted by Crippen LogP contribution is 2.41. The minimum Gasteiger partial charge on any atom is -1.00 e. The number of para-hydroxylation sites is 1. The number of unbranched alkanes of at least 4 members (excludes halogenated alkanes) is 5. The molecular weight excluding hydrogens is 430 g/mol. The molecule has 33 heavy (non-hydrogen) atoms. The number of halogens is 1. The monoisotopic (exact) mass is 475 g/mol. The second-order valence-corrected chi connectivity index (χ2v) is 9.26. The van der Waals surface area contributed by atoms with E-state index in [4.69, 9.17) is 9.57 Å². The first kappa shape index (κ1) is 29.5. The second-order valence-electron chi connectivity index (χ2n) is 9.26. The Kier molecular flexibility index (Phi) is 13.7. The maximum absolute atomic E-state index is 6.49. The van der Waals surface area contributed by atoms with Crippen molar-refractivity contribution < 1.29 is 26.6 Å². The quantitative estimate of drug-likeness (QED) is 0.199. The molecule has 0 fully saturated rings. The molecule has 0 aliphatic heterocycles. The number of rotatable bonds is 16. The molecule has 0 aliphatic carbocycles. The summed E-state index contributed by atoms with van der Waals surface area (Å²) in [5.74, 6) is 0.892. The lowest BCUT2D eigenvalue weighted by Crippen LogP contribution is -3.00. The third kappa shape index (κ3) is 8.31. The van der Waals surface area contributed by atoms with Crippen LogP contribution in [-0.2, 0) is 16.8 Å². The topological polar surface area (TPSA) is 18.5 Å². The molecule has 0 saturated heterocycles. The van der Waals surface area contributed by atoms with E-state index < -0.39 is 0 Å². The van der Waals surface area contributed by atoms with Crippen LogP contribution in [0, 0.1) is 0 Å². The van der Waals surface area contributed by atoms with Crippen LogP contribution in [0.2, 0.25) is 0 Å². The Morgan fingerprint density at radius 1 is 0.727 bits per heavy atom. The van der Waals surface area contributed by atoms with Gasteiger partial charge in [0.2, 0.25) is 0 Å². The van der Waals surface area contributed by atoms with Crippen LogP contribution in [0.15, 0.2) is 54.6 Å². The van der Waals surface area contributed by atoms with Gasteiger partial charge in [0.25, 0.3) is 0 Å². The molecule has 0 aliphatic rings. The van der Waals surface area contributed by atoms with Gasteiger partial charge in [0, 0.05) is 18.4 Å². The molecule has 0 aromatic heterocycles. The maximum atomic E-state index is 6.49. The van der Waals surface area contributed by atoms with Gasteiger partial charge in [-0.2, -0.15) is 9.48 Å². The Bertz CT molecular complexity index is 759. The molecular formula is C29H46ClNO2. The van der Waals surface area contributed by atoms with E-state index in [0.717, 1.165) is 25.0 Å². The van der Waals surface area contributed by atoms with Crippen LogP contribution in [-0.4, -0.2) is 32.0 Å². The predicted octanol–water partition coefficient (Wildman–Crippen LogP) is 4.70. The normalized spacial score (nSPS) is 11.8. The van der Waals surface area contributed by atoms with E-state index in [1.165, 1.54) is 49.7 Å². The number of nitrogens with zero attached hydrogens (tertiary/aromatic N) is 1. The fourth-order valence-electron chi connectivity index (χ4n) is 5.04. The summed E-state index contributed by atoms with van der Waals surface area (Å²) in [7, 11) is 4.41. The van der Waals surface area contributed by atoms with E-state index >= 15 is 0 Å². The number of benzene rings is 2. The van der Waals surface area contributed by atoms with Gasteiger partial charge in [0.05, 0.1) is 14.1 Å². The van der Waals surface area contributed by atoms with Crippen molar-refractivity contribution in [3.63, 3.8) is 0 Å². The minimum atomic E-state index is -0.0778. The lowest BCUT2D eigenvalue weighted by molar-refractivity contribution is -1.12. The van der Waals surface area contributed by atoms with Crippen LogP contribution in [0.25, 0.3) is 0 Å². The summed E-state index contributed by atoms with van der Waals surface area (Å²) in [4.78, 5) is 6.49. The van der Waals surface area contributed by atoms with Crippen molar-refractivity contribution in [2.75, 3.05) is 27.3 Å². The van der Waals surface area contributed by atoms with Crippen molar-refractivity contribution in [1.82, 2.24) is 0 Å². The smallest absolute Gasteiger partial charge is 0.154 e. The molecule has 0 N–H and O–H groups in total. The van der Waals surface area contributed by atoms with Crippen molar-refractivity contribution in [3.05, 3.63) is 65.7 Å². The van der Waals surface area contributed by atoms with Gasteiger partial charge in [0.15, 0.2) is 5.54 Å². The fourth-order valence-corrected chi connectivity index (χ4v) is 5.04. The Labute approximate surface area is 209 Å². The third-order valence-corrected chi connectivity index (χ3v) is 7.03. The number of hydroxylamine groups is 3. The summed E-state index contributed by atoms with van der Waals surface area (Å²) in [6.45, 7) is 7.99. The van der Waals surface area contributed by atoms with Crippen LogP contribution in [0.4, 0.5) is 0 Å². The summed E-state index contributed by atoms with van der Waals surface area (Å²) in [6.07, 6.45) is 11.2. The van der Waals surface area contributed by atoms with Gasteiger partial charge >= 0.3 is 0 Å². The van der Waals surface area contributed by atoms with E-state index in [9.17, 15) is 0 Å². The van der Waals surface area contributed by atoms with Crippen LogP contribution in [0.3, 0.4) is 0 Å². The van der Waals surface area contributed by atoms with Crippen LogP contribution in [0.5, 0.6) is 5.75 Å². The predicted molar refractivity (Wildman–Crippen MR) is 136 cm³/mol. The first-order valence-electron chi connectivity index (χ1n) is 12.8. The zero-order valence-electron chi connectivity index (χ0n) is 21.6. The molecule has 2 rings (SSSR count). The fraction of sp³-hybridized carbons (Fsp3) is 0.586. The minimum absolute atomic E-state index is 0. The SMILES string of the molecule is CCCCCCCCc1ccccc1C(CC)(CC)[N+](C)(C)OCCOc1ccccc1.[Cl-]. The second kappa shape index (κ2) is 15.4. The highest BCUT2D eigenvalue weighted by Gasteiger charge is 2.47. The average Bonchev–Trinajstić information content (AvgIpc) is 2.81. The van der Waals surface area contributed by atoms with Gasteiger partial charge in [-0.15, -0.1) is 0 Å². The standard InChI is InChI=1S/C29H46NO2.ClH/c1-6-9-10-11-12-14-19-26-20-17-18-23-28(26)29(7-2,8-3)30(4,5)32-25-24-31-27-21-15-13-16-22-27;/h13,15-18,20-23H,6-12,14,19,24-25H2,1-5H3;1H/q+1;/p-1.